The van der Waals surface area contributed by atoms with Crippen LogP contribution in [0.25, 0.3) is 0 Å². The van der Waals surface area contributed by atoms with Gasteiger partial charge in [0, 0.05) is 23.7 Å². The molecule has 0 atom stereocenters. The Morgan fingerprint density at radius 2 is 2.00 bits per heavy atom. The van der Waals surface area contributed by atoms with E-state index in [4.69, 9.17) is 5.73 Å². The van der Waals surface area contributed by atoms with Crippen LogP contribution < -0.4 is 5.73 Å². The average Bonchev–Trinajstić information content (AvgIpc) is 2.55. The zero-order valence-electron chi connectivity index (χ0n) is 13.8. The fourth-order valence-corrected chi connectivity index (χ4v) is 3.54. The molecule has 0 fully saturated rings. The number of thioether (sulfide) groups is 2. The van der Waals surface area contributed by atoms with Gasteiger partial charge in [-0.05, 0) is 43.2 Å². The molecule has 0 saturated carbocycles. The second-order valence-electron chi connectivity index (χ2n) is 5.33. The molecule has 2 aromatic heterocycles. The van der Waals surface area contributed by atoms with E-state index in [9.17, 15) is 0 Å². The summed E-state index contributed by atoms with van der Waals surface area (Å²) in [4.78, 5) is 13.2. The summed E-state index contributed by atoms with van der Waals surface area (Å²) in [6.45, 7) is 2.23. The van der Waals surface area contributed by atoms with Crippen molar-refractivity contribution in [1.29, 1.82) is 0 Å². The number of anilines is 1. The molecular weight excluding hydrogens is 324 g/mol. The first-order valence-electron chi connectivity index (χ1n) is 7.96. The van der Waals surface area contributed by atoms with Crippen LogP contribution in [0.4, 0.5) is 5.82 Å². The molecule has 0 amide bonds. The maximum absolute atomic E-state index is 5.81. The predicted molar refractivity (Wildman–Crippen MR) is 100 cm³/mol. The molecule has 23 heavy (non-hydrogen) atoms. The van der Waals surface area contributed by atoms with Crippen molar-refractivity contribution < 1.29 is 0 Å². The van der Waals surface area contributed by atoms with E-state index in [1.54, 1.807) is 29.6 Å². The summed E-state index contributed by atoms with van der Waals surface area (Å²) in [6, 6.07) is 6.15. The van der Waals surface area contributed by atoms with Crippen molar-refractivity contribution in [2.45, 2.75) is 49.2 Å². The zero-order chi connectivity index (χ0) is 16.5. The Hall–Kier alpha value is -1.27. The Bertz CT molecular complexity index is 619. The molecule has 0 spiro atoms. The monoisotopic (exact) mass is 348 g/mol. The first-order valence-corrected chi connectivity index (χ1v) is 10.2. The van der Waals surface area contributed by atoms with Crippen molar-refractivity contribution in [3.05, 3.63) is 35.7 Å². The van der Waals surface area contributed by atoms with Gasteiger partial charge in [-0.2, -0.15) is 0 Å². The van der Waals surface area contributed by atoms with Gasteiger partial charge in [0.15, 0.2) is 5.16 Å². The van der Waals surface area contributed by atoms with Gasteiger partial charge < -0.3 is 5.73 Å². The van der Waals surface area contributed by atoms with Crippen molar-refractivity contribution >= 4 is 29.3 Å². The molecule has 2 heterocycles. The second-order valence-corrected chi connectivity index (χ2v) is 7.22. The number of pyridine rings is 1. The Morgan fingerprint density at radius 1 is 1.13 bits per heavy atom. The van der Waals surface area contributed by atoms with Crippen molar-refractivity contribution in [2.75, 3.05) is 17.7 Å². The molecule has 0 aliphatic carbocycles. The Labute approximate surface area is 147 Å². The largest absolute Gasteiger partial charge is 0.384 e. The van der Waals surface area contributed by atoms with E-state index in [1.807, 2.05) is 12.5 Å². The van der Waals surface area contributed by atoms with Gasteiger partial charge in [-0.15, -0.1) is 11.8 Å². The first-order chi connectivity index (χ1) is 11.2. The van der Waals surface area contributed by atoms with E-state index in [0.717, 1.165) is 34.5 Å². The normalized spacial score (nSPS) is 10.9. The van der Waals surface area contributed by atoms with Crippen LogP contribution in [0, 0.1) is 0 Å². The summed E-state index contributed by atoms with van der Waals surface area (Å²) >= 11 is 3.21. The number of unbranched alkanes of at least 4 members (excludes halogenated alkanes) is 2. The van der Waals surface area contributed by atoms with Gasteiger partial charge in [0.1, 0.15) is 10.8 Å². The molecule has 0 aliphatic rings. The lowest BCUT2D eigenvalue weighted by atomic mass is 10.1. The van der Waals surface area contributed by atoms with Gasteiger partial charge in [0.25, 0.3) is 0 Å². The highest BCUT2D eigenvalue weighted by molar-refractivity contribution is 7.99. The molecule has 4 nitrogen and oxygen atoms in total. The lowest BCUT2D eigenvalue weighted by Crippen LogP contribution is -1.99. The quantitative estimate of drug-likeness (QED) is 0.316. The highest BCUT2D eigenvalue weighted by Gasteiger charge is 2.04. The Kier molecular flexibility index (Phi) is 7.68. The molecule has 0 unspecified atom stereocenters. The molecular formula is C17H24N4S2. The fourth-order valence-electron chi connectivity index (χ4n) is 2.24. The molecule has 0 aromatic carbocycles. The van der Waals surface area contributed by atoms with Gasteiger partial charge in [-0.1, -0.05) is 31.5 Å². The summed E-state index contributed by atoms with van der Waals surface area (Å²) in [6.07, 6.45) is 9.77. The number of nitrogens with two attached hydrogens (primary N) is 1. The number of nitrogen functional groups attached to an aromatic ring is 1. The van der Waals surface area contributed by atoms with E-state index >= 15 is 0 Å². The van der Waals surface area contributed by atoms with E-state index in [2.05, 4.69) is 34.0 Å². The Balaban J connectivity index is 1.86. The highest BCUT2D eigenvalue weighted by Crippen LogP contribution is 2.21. The number of hydrogen-bond donors (Lipinski definition) is 1. The van der Waals surface area contributed by atoms with Crippen LogP contribution in [0.5, 0.6) is 0 Å². The van der Waals surface area contributed by atoms with Crippen LogP contribution >= 0.6 is 23.5 Å². The minimum absolute atomic E-state index is 0.530. The van der Waals surface area contributed by atoms with Crippen LogP contribution in [0.3, 0.4) is 0 Å². The number of nitrogens with zero attached hydrogens (tertiary/aromatic N) is 3. The topological polar surface area (TPSA) is 64.7 Å². The van der Waals surface area contributed by atoms with E-state index in [0.29, 0.717) is 5.82 Å². The molecule has 124 valence electrons. The van der Waals surface area contributed by atoms with Crippen molar-refractivity contribution in [3.8, 4) is 0 Å². The van der Waals surface area contributed by atoms with Crippen LogP contribution in [0.1, 0.15) is 37.4 Å². The van der Waals surface area contributed by atoms with E-state index < -0.39 is 0 Å². The summed E-state index contributed by atoms with van der Waals surface area (Å²) in [5, 5.41) is 1.66. The molecule has 0 radical (unpaired) electrons. The van der Waals surface area contributed by atoms with Gasteiger partial charge >= 0.3 is 0 Å². The van der Waals surface area contributed by atoms with Crippen LogP contribution in [0.15, 0.2) is 34.6 Å². The molecule has 2 rings (SSSR count). The summed E-state index contributed by atoms with van der Waals surface area (Å²) < 4.78 is 0. The van der Waals surface area contributed by atoms with Gasteiger partial charge in [0.05, 0.1) is 0 Å². The predicted octanol–water partition coefficient (Wildman–Crippen LogP) is 4.24. The smallest absolute Gasteiger partial charge is 0.190 e. The minimum atomic E-state index is 0.530. The van der Waals surface area contributed by atoms with Crippen molar-refractivity contribution in [3.63, 3.8) is 0 Å². The molecule has 0 saturated heterocycles. The standard InChI is InChI=1S/C17H24N4S2/c1-3-4-5-6-13-7-9-19-14(11-13)8-10-23-17-20-15(18)12-16(21-17)22-2/h7,9,11-12H,3-6,8,10H2,1-2H3,(H2,18,20,21). The second kappa shape index (κ2) is 9.78. The number of aryl methyl sites for hydroxylation is 2. The maximum Gasteiger partial charge on any atom is 0.190 e. The van der Waals surface area contributed by atoms with Crippen LogP contribution in [-0.4, -0.2) is 27.0 Å². The van der Waals surface area contributed by atoms with Crippen molar-refractivity contribution in [1.82, 2.24) is 15.0 Å². The lowest BCUT2D eigenvalue weighted by molar-refractivity contribution is 0.716. The summed E-state index contributed by atoms with van der Waals surface area (Å²) in [7, 11) is 0. The molecule has 2 aromatic rings. The SMILES string of the molecule is CCCCCc1ccnc(CCSc2nc(N)cc(SC)n2)c1. The van der Waals surface area contributed by atoms with Crippen molar-refractivity contribution in [2.24, 2.45) is 0 Å². The lowest BCUT2D eigenvalue weighted by Gasteiger charge is -2.05. The minimum Gasteiger partial charge on any atom is -0.384 e. The highest BCUT2D eigenvalue weighted by atomic mass is 32.2. The summed E-state index contributed by atoms with van der Waals surface area (Å²) in [5.74, 6) is 1.44. The molecule has 0 aliphatic heterocycles. The number of rotatable bonds is 9. The number of hydrogen-bond acceptors (Lipinski definition) is 6. The van der Waals surface area contributed by atoms with Gasteiger partial charge in [-0.25, -0.2) is 9.97 Å². The van der Waals surface area contributed by atoms with Crippen LogP contribution in [0.2, 0.25) is 0 Å². The molecule has 6 heteroatoms. The fraction of sp³-hybridized carbons (Fsp3) is 0.471. The van der Waals surface area contributed by atoms with E-state index in [-0.39, 0.29) is 0 Å². The molecule has 2 N–H and O–H groups in total. The maximum atomic E-state index is 5.81. The van der Waals surface area contributed by atoms with E-state index in [1.165, 1.54) is 24.8 Å². The number of aromatic nitrogens is 3. The Morgan fingerprint density at radius 3 is 2.78 bits per heavy atom. The third kappa shape index (κ3) is 6.39. The summed E-state index contributed by atoms with van der Waals surface area (Å²) in [5.41, 5.74) is 8.33. The average molecular weight is 349 g/mol. The zero-order valence-corrected chi connectivity index (χ0v) is 15.4. The third-order valence-electron chi connectivity index (χ3n) is 3.45. The van der Waals surface area contributed by atoms with Gasteiger partial charge in [-0.3, -0.25) is 4.98 Å². The van der Waals surface area contributed by atoms with Gasteiger partial charge in [0.2, 0.25) is 0 Å². The van der Waals surface area contributed by atoms with Crippen LogP contribution in [-0.2, 0) is 12.8 Å². The molecule has 0 bridgehead atoms. The third-order valence-corrected chi connectivity index (χ3v) is 4.93. The first kappa shape index (κ1) is 18.1.